The molecule has 2 aromatic heterocycles. The van der Waals surface area contributed by atoms with Crippen LogP contribution in [-0.4, -0.2) is 23.5 Å². The number of sulfonamides is 1. The summed E-state index contributed by atoms with van der Waals surface area (Å²) < 4.78 is 30.2. The molecular formula is C7H8N4O3S. The molecule has 0 aliphatic carbocycles. The van der Waals surface area contributed by atoms with Gasteiger partial charge >= 0.3 is 0 Å². The first-order valence-electron chi connectivity index (χ1n) is 4.03. The van der Waals surface area contributed by atoms with Crippen LogP contribution in [0.1, 0.15) is 5.69 Å². The van der Waals surface area contributed by atoms with Gasteiger partial charge in [-0.25, -0.2) is 4.98 Å². The van der Waals surface area contributed by atoms with Crippen LogP contribution in [0.15, 0.2) is 28.3 Å². The monoisotopic (exact) mass is 228 g/mol. The fourth-order valence-corrected chi connectivity index (χ4v) is 1.99. The molecule has 0 saturated carbocycles. The van der Waals surface area contributed by atoms with Gasteiger partial charge in [-0.3, -0.25) is 4.72 Å². The maximum absolute atomic E-state index is 11.6. The molecule has 0 aliphatic rings. The van der Waals surface area contributed by atoms with Crippen LogP contribution < -0.4 is 4.72 Å². The summed E-state index contributed by atoms with van der Waals surface area (Å²) in [5, 5.41) is 3.40. The molecule has 0 atom stereocenters. The van der Waals surface area contributed by atoms with E-state index in [2.05, 4.69) is 24.4 Å². The van der Waals surface area contributed by atoms with Crippen LogP contribution in [0.5, 0.6) is 0 Å². The Balaban J connectivity index is 2.31. The summed E-state index contributed by atoms with van der Waals surface area (Å²) in [7, 11) is -3.68. The molecule has 0 aromatic carbocycles. The summed E-state index contributed by atoms with van der Waals surface area (Å²) in [5.41, 5.74) is 0.761. The number of aryl methyl sites for hydroxylation is 1. The topological polar surface area (TPSA) is 101 Å². The lowest BCUT2D eigenvalue weighted by Gasteiger charge is -2.01. The van der Waals surface area contributed by atoms with Crippen molar-refractivity contribution in [3.05, 3.63) is 24.4 Å². The Labute approximate surface area is 85.6 Å². The van der Waals surface area contributed by atoms with Gasteiger partial charge in [0, 0.05) is 12.4 Å². The first-order chi connectivity index (χ1) is 7.09. The zero-order valence-electron chi connectivity index (χ0n) is 7.76. The van der Waals surface area contributed by atoms with Crippen LogP contribution in [0.4, 0.5) is 5.69 Å². The average Bonchev–Trinajstić information content (AvgIpc) is 2.77. The van der Waals surface area contributed by atoms with Crippen LogP contribution in [0.2, 0.25) is 0 Å². The minimum atomic E-state index is -3.68. The second-order valence-electron chi connectivity index (χ2n) is 2.81. The number of anilines is 1. The molecule has 0 aliphatic heterocycles. The van der Waals surface area contributed by atoms with Gasteiger partial charge in [-0.05, 0) is 6.92 Å². The Bertz CT molecular complexity index is 543. The summed E-state index contributed by atoms with van der Waals surface area (Å²) in [4.78, 5) is 6.14. The SMILES string of the molecule is Cc1nocc1NS(=O)(=O)c1ncc[nH]1. The molecule has 0 saturated heterocycles. The van der Waals surface area contributed by atoms with Crippen LogP contribution in [-0.2, 0) is 10.0 Å². The highest BCUT2D eigenvalue weighted by Gasteiger charge is 2.18. The molecule has 15 heavy (non-hydrogen) atoms. The van der Waals surface area contributed by atoms with Crippen molar-refractivity contribution in [2.45, 2.75) is 12.1 Å². The smallest absolute Gasteiger partial charge is 0.295 e. The number of nitrogens with zero attached hydrogens (tertiary/aromatic N) is 2. The van der Waals surface area contributed by atoms with Gasteiger partial charge in [-0.2, -0.15) is 8.42 Å². The lowest BCUT2D eigenvalue weighted by atomic mass is 10.4. The molecule has 0 radical (unpaired) electrons. The molecule has 80 valence electrons. The zero-order chi connectivity index (χ0) is 10.9. The third-order valence-electron chi connectivity index (χ3n) is 1.72. The summed E-state index contributed by atoms with van der Waals surface area (Å²) in [6.07, 6.45) is 4.00. The van der Waals surface area contributed by atoms with E-state index in [0.717, 1.165) is 0 Å². The molecule has 2 rings (SSSR count). The summed E-state index contributed by atoms with van der Waals surface area (Å²) in [5.74, 6) is 0. The molecule has 8 heteroatoms. The molecule has 2 aromatic rings. The van der Waals surface area contributed by atoms with E-state index in [4.69, 9.17) is 0 Å². The Kier molecular flexibility index (Phi) is 2.19. The lowest BCUT2D eigenvalue weighted by Crippen LogP contribution is -2.14. The molecule has 2 N–H and O–H groups in total. The van der Waals surface area contributed by atoms with Gasteiger partial charge in [0.05, 0.1) is 0 Å². The standard InChI is InChI=1S/C7H8N4O3S/c1-5-6(4-14-10-5)11-15(12,13)7-8-2-3-9-7/h2-4,11H,1H3,(H,8,9). The predicted octanol–water partition coefficient (Wildman–Crippen LogP) is 0.507. The van der Waals surface area contributed by atoms with Crippen molar-refractivity contribution in [3.8, 4) is 0 Å². The molecular weight excluding hydrogens is 220 g/mol. The van der Waals surface area contributed by atoms with Crippen LogP contribution in [0.3, 0.4) is 0 Å². The summed E-state index contributed by atoms with van der Waals surface area (Å²) in [6.45, 7) is 1.63. The van der Waals surface area contributed by atoms with Crippen LogP contribution in [0.25, 0.3) is 0 Å². The number of hydrogen-bond donors (Lipinski definition) is 2. The quantitative estimate of drug-likeness (QED) is 0.796. The van der Waals surface area contributed by atoms with Gasteiger partial charge in [-0.15, -0.1) is 0 Å². The molecule has 2 heterocycles. The van der Waals surface area contributed by atoms with E-state index in [1.807, 2.05) is 0 Å². The molecule has 0 bridgehead atoms. The van der Waals surface area contributed by atoms with E-state index >= 15 is 0 Å². The first-order valence-corrected chi connectivity index (χ1v) is 5.51. The van der Waals surface area contributed by atoms with E-state index in [0.29, 0.717) is 11.4 Å². The lowest BCUT2D eigenvalue weighted by molar-refractivity contribution is 0.415. The average molecular weight is 228 g/mol. The Morgan fingerprint density at radius 2 is 2.33 bits per heavy atom. The minimum Gasteiger partial charge on any atom is -0.362 e. The third kappa shape index (κ3) is 1.84. The number of nitrogens with one attached hydrogen (secondary N) is 2. The molecule has 0 amide bonds. The number of imidazole rings is 1. The van der Waals surface area contributed by atoms with Crippen LogP contribution in [0, 0.1) is 6.92 Å². The number of aromatic nitrogens is 3. The minimum absolute atomic E-state index is 0.150. The second-order valence-corrected chi connectivity index (χ2v) is 4.41. The number of aromatic amines is 1. The Morgan fingerprint density at radius 3 is 2.87 bits per heavy atom. The van der Waals surface area contributed by atoms with Gasteiger partial charge in [0.1, 0.15) is 17.6 Å². The molecule has 0 unspecified atom stereocenters. The van der Waals surface area contributed by atoms with Crippen molar-refractivity contribution in [1.82, 2.24) is 15.1 Å². The van der Waals surface area contributed by atoms with Gasteiger partial charge in [-0.1, -0.05) is 5.16 Å². The first kappa shape index (κ1) is 9.71. The highest BCUT2D eigenvalue weighted by atomic mass is 32.2. The van der Waals surface area contributed by atoms with E-state index in [-0.39, 0.29) is 5.16 Å². The van der Waals surface area contributed by atoms with Crippen LogP contribution >= 0.6 is 0 Å². The highest BCUT2D eigenvalue weighted by molar-refractivity contribution is 7.92. The van der Waals surface area contributed by atoms with Gasteiger partial charge < -0.3 is 9.51 Å². The van der Waals surface area contributed by atoms with E-state index in [1.54, 1.807) is 6.92 Å². The zero-order valence-corrected chi connectivity index (χ0v) is 8.58. The normalized spacial score (nSPS) is 11.5. The van der Waals surface area contributed by atoms with E-state index in [1.165, 1.54) is 18.7 Å². The summed E-state index contributed by atoms with van der Waals surface area (Å²) in [6, 6.07) is 0. The van der Waals surface area contributed by atoms with Crippen molar-refractivity contribution in [1.29, 1.82) is 0 Å². The fourth-order valence-electron chi connectivity index (χ4n) is 0.981. The van der Waals surface area contributed by atoms with E-state index in [9.17, 15) is 8.42 Å². The fraction of sp³-hybridized carbons (Fsp3) is 0.143. The molecule has 0 spiro atoms. The Morgan fingerprint density at radius 1 is 1.53 bits per heavy atom. The van der Waals surface area contributed by atoms with E-state index < -0.39 is 10.0 Å². The van der Waals surface area contributed by atoms with Crippen molar-refractivity contribution < 1.29 is 12.9 Å². The van der Waals surface area contributed by atoms with Crippen molar-refractivity contribution in [2.75, 3.05) is 4.72 Å². The van der Waals surface area contributed by atoms with Gasteiger partial charge in [0.15, 0.2) is 0 Å². The largest absolute Gasteiger partial charge is 0.362 e. The number of H-pyrrole nitrogens is 1. The molecule has 7 nitrogen and oxygen atoms in total. The predicted molar refractivity (Wildman–Crippen MR) is 50.6 cm³/mol. The summed E-state index contributed by atoms with van der Waals surface area (Å²) >= 11 is 0. The van der Waals surface area contributed by atoms with Crippen molar-refractivity contribution in [3.63, 3.8) is 0 Å². The number of rotatable bonds is 3. The highest BCUT2D eigenvalue weighted by Crippen LogP contribution is 2.15. The third-order valence-corrected chi connectivity index (χ3v) is 2.94. The van der Waals surface area contributed by atoms with Gasteiger partial charge in [0.2, 0.25) is 5.16 Å². The van der Waals surface area contributed by atoms with Crippen molar-refractivity contribution in [2.24, 2.45) is 0 Å². The number of hydrogen-bond acceptors (Lipinski definition) is 5. The molecule has 0 fully saturated rings. The van der Waals surface area contributed by atoms with Crippen molar-refractivity contribution >= 4 is 15.7 Å². The Hall–Kier alpha value is -1.83. The van der Waals surface area contributed by atoms with Gasteiger partial charge in [0.25, 0.3) is 10.0 Å². The maximum Gasteiger partial charge on any atom is 0.295 e. The second kappa shape index (κ2) is 3.39. The maximum atomic E-state index is 11.6.